The number of nitrogens with zero attached hydrogens (tertiary/aromatic N) is 2. The number of ketones is 1. The molecular formula is C20H18FN3O3. The Morgan fingerprint density at radius 2 is 2.22 bits per heavy atom. The Hall–Kier alpha value is -3.11. The number of benzene rings is 1. The number of nitrogens with one attached hydrogen (secondary N) is 1. The van der Waals surface area contributed by atoms with Crippen molar-refractivity contribution in [3.05, 3.63) is 70.6 Å². The lowest BCUT2D eigenvalue weighted by molar-refractivity contribution is -0.122. The van der Waals surface area contributed by atoms with Gasteiger partial charge in [0.15, 0.2) is 5.78 Å². The van der Waals surface area contributed by atoms with E-state index < -0.39 is 11.4 Å². The fourth-order valence-corrected chi connectivity index (χ4v) is 2.99. The van der Waals surface area contributed by atoms with Crippen molar-refractivity contribution < 1.29 is 18.7 Å². The molecule has 0 radical (unpaired) electrons. The lowest BCUT2D eigenvalue weighted by atomic mass is 9.90. The van der Waals surface area contributed by atoms with E-state index in [9.17, 15) is 14.0 Å². The number of halogens is 1. The highest BCUT2D eigenvalue weighted by atomic mass is 19.1. The van der Waals surface area contributed by atoms with Gasteiger partial charge >= 0.3 is 0 Å². The molecule has 3 rings (SSSR count). The van der Waals surface area contributed by atoms with Crippen LogP contribution in [0.25, 0.3) is 4.85 Å². The molecule has 1 atom stereocenters. The maximum Gasteiger partial charge on any atom is 0.223 e. The Balaban J connectivity index is 1.85. The second kappa shape index (κ2) is 7.64. The molecular weight excluding hydrogens is 349 g/mol. The highest BCUT2D eigenvalue weighted by Gasteiger charge is 2.34. The van der Waals surface area contributed by atoms with E-state index in [-0.39, 0.29) is 49.0 Å². The Labute approximate surface area is 156 Å². The first-order valence-corrected chi connectivity index (χ1v) is 8.46. The van der Waals surface area contributed by atoms with E-state index >= 15 is 0 Å². The van der Waals surface area contributed by atoms with Crippen molar-refractivity contribution in [2.45, 2.75) is 25.3 Å². The van der Waals surface area contributed by atoms with Crippen LogP contribution < -0.4 is 5.32 Å². The highest BCUT2D eigenvalue weighted by molar-refractivity contribution is 5.96. The number of amides is 1. The standard InChI is InChI=1S/C20H18FN3O3/c1-20(12-27-8-7-19(26)24-20)15-9-13(3-5-16(15)21)10-18(25)17-6-4-14(22-2)11-23-17/h3-6,9,11H,7-8,10,12H2,1H3,(H,24,26)/t20-/m0/s1. The number of carbonyl (C=O) groups is 2. The number of pyridine rings is 1. The molecule has 1 N–H and O–H groups in total. The molecule has 0 bridgehead atoms. The van der Waals surface area contributed by atoms with Crippen molar-refractivity contribution in [2.75, 3.05) is 13.2 Å². The van der Waals surface area contributed by atoms with Gasteiger partial charge in [0.05, 0.1) is 25.3 Å². The predicted molar refractivity (Wildman–Crippen MR) is 95.9 cm³/mol. The molecule has 6 nitrogen and oxygen atoms in total. The molecule has 2 heterocycles. The van der Waals surface area contributed by atoms with Crippen molar-refractivity contribution in [3.63, 3.8) is 0 Å². The number of rotatable bonds is 4. The monoisotopic (exact) mass is 367 g/mol. The van der Waals surface area contributed by atoms with Gasteiger partial charge in [0.25, 0.3) is 0 Å². The molecule has 0 aliphatic carbocycles. The zero-order chi connectivity index (χ0) is 19.4. The second-order valence-electron chi connectivity index (χ2n) is 6.61. The third-order valence-electron chi connectivity index (χ3n) is 4.43. The summed E-state index contributed by atoms with van der Waals surface area (Å²) in [5.74, 6) is -0.922. The summed E-state index contributed by atoms with van der Waals surface area (Å²) in [7, 11) is 0. The molecule has 1 aliphatic rings. The Kier molecular flexibility index (Phi) is 5.28. The summed E-state index contributed by atoms with van der Waals surface area (Å²) in [6, 6.07) is 7.43. The number of ether oxygens (including phenoxy) is 1. The first-order chi connectivity index (χ1) is 12.9. The molecule has 1 aromatic carbocycles. The Bertz CT molecular complexity index is 921. The Morgan fingerprint density at radius 1 is 1.41 bits per heavy atom. The molecule has 0 spiro atoms. The molecule has 1 aliphatic heterocycles. The van der Waals surface area contributed by atoms with Gasteiger partial charge < -0.3 is 10.1 Å². The molecule has 1 fully saturated rings. The molecule has 7 heteroatoms. The maximum absolute atomic E-state index is 14.5. The largest absolute Gasteiger partial charge is 0.378 e. The van der Waals surface area contributed by atoms with E-state index in [0.29, 0.717) is 11.3 Å². The summed E-state index contributed by atoms with van der Waals surface area (Å²) in [6.45, 7) is 9.04. The third kappa shape index (κ3) is 4.18. The van der Waals surface area contributed by atoms with E-state index in [1.165, 1.54) is 30.5 Å². The van der Waals surface area contributed by atoms with Gasteiger partial charge in [0.2, 0.25) is 11.6 Å². The first-order valence-electron chi connectivity index (χ1n) is 8.46. The SMILES string of the molecule is [C-]#[N+]c1ccc(C(=O)Cc2ccc(F)c([C@]3(C)COCCC(=O)N3)c2)nc1. The van der Waals surface area contributed by atoms with Crippen molar-refractivity contribution in [3.8, 4) is 0 Å². The number of carbonyl (C=O) groups excluding carboxylic acids is 2. The van der Waals surface area contributed by atoms with Crippen LogP contribution in [-0.4, -0.2) is 29.9 Å². The summed E-state index contributed by atoms with van der Waals surface area (Å²) in [4.78, 5) is 31.6. The maximum atomic E-state index is 14.5. The molecule has 2 aromatic rings. The van der Waals surface area contributed by atoms with Crippen LogP contribution in [0.15, 0.2) is 36.5 Å². The van der Waals surface area contributed by atoms with E-state index in [4.69, 9.17) is 11.3 Å². The van der Waals surface area contributed by atoms with E-state index in [2.05, 4.69) is 15.1 Å². The third-order valence-corrected chi connectivity index (χ3v) is 4.43. The zero-order valence-electron chi connectivity index (χ0n) is 14.8. The van der Waals surface area contributed by atoms with Gasteiger partial charge in [-0.05, 0) is 30.7 Å². The van der Waals surface area contributed by atoms with Crippen LogP contribution >= 0.6 is 0 Å². The van der Waals surface area contributed by atoms with Crippen molar-refractivity contribution >= 4 is 17.4 Å². The average molecular weight is 367 g/mol. The molecule has 27 heavy (non-hydrogen) atoms. The fourth-order valence-electron chi connectivity index (χ4n) is 2.99. The normalized spacial score (nSPS) is 19.7. The Morgan fingerprint density at radius 3 is 2.93 bits per heavy atom. The van der Waals surface area contributed by atoms with Crippen LogP contribution in [0.1, 0.15) is 35.0 Å². The van der Waals surface area contributed by atoms with Gasteiger partial charge in [-0.3, -0.25) is 14.6 Å². The fraction of sp³-hybridized carbons (Fsp3) is 0.300. The quantitative estimate of drug-likeness (QED) is 0.666. The second-order valence-corrected chi connectivity index (χ2v) is 6.61. The summed E-state index contributed by atoms with van der Waals surface area (Å²) >= 11 is 0. The average Bonchev–Trinajstić information content (AvgIpc) is 2.84. The van der Waals surface area contributed by atoms with Gasteiger partial charge in [-0.1, -0.05) is 12.1 Å². The van der Waals surface area contributed by atoms with Gasteiger partial charge in [-0.2, -0.15) is 0 Å². The summed E-state index contributed by atoms with van der Waals surface area (Å²) < 4.78 is 19.9. The predicted octanol–water partition coefficient (Wildman–Crippen LogP) is 2.95. The lowest BCUT2D eigenvalue weighted by Gasteiger charge is -2.29. The molecule has 1 amide bonds. The molecule has 0 unspecified atom stereocenters. The minimum absolute atomic E-state index is 0.0303. The lowest BCUT2D eigenvalue weighted by Crippen LogP contribution is -2.45. The van der Waals surface area contributed by atoms with Crippen LogP contribution in [0.2, 0.25) is 0 Å². The van der Waals surface area contributed by atoms with Crippen molar-refractivity contribution in [1.82, 2.24) is 10.3 Å². The van der Waals surface area contributed by atoms with Crippen molar-refractivity contribution in [2.24, 2.45) is 0 Å². The highest BCUT2D eigenvalue weighted by Crippen LogP contribution is 2.27. The summed E-state index contributed by atoms with van der Waals surface area (Å²) in [5, 5.41) is 2.81. The topological polar surface area (TPSA) is 72.7 Å². The first kappa shape index (κ1) is 18.7. The van der Waals surface area contributed by atoms with Crippen LogP contribution in [0, 0.1) is 12.4 Å². The van der Waals surface area contributed by atoms with Crippen LogP contribution in [0.3, 0.4) is 0 Å². The minimum Gasteiger partial charge on any atom is -0.378 e. The van der Waals surface area contributed by atoms with E-state index in [1.807, 2.05) is 0 Å². The van der Waals surface area contributed by atoms with Crippen LogP contribution in [-0.2, 0) is 21.5 Å². The number of aromatic nitrogens is 1. The number of hydrogen-bond donors (Lipinski definition) is 1. The van der Waals surface area contributed by atoms with E-state index in [0.717, 1.165) is 0 Å². The smallest absolute Gasteiger partial charge is 0.223 e. The van der Waals surface area contributed by atoms with Crippen LogP contribution in [0.5, 0.6) is 0 Å². The number of Topliss-reactive ketones (excluding diaryl/α,β-unsaturated/α-hetero) is 1. The van der Waals surface area contributed by atoms with Crippen molar-refractivity contribution in [1.29, 1.82) is 0 Å². The van der Waals surface area contributed by atoms with Crippen LogP contribution in [0.4, 0.5) is 10.1 Å². The summed E-state index contributed by atoms with van der Waals surface area (Å²) in [6.07, 6.45) is 1.60. The molecule has 1 saturated heterocycles. The molecule has 0 saturated carbocycles. The zero-order valence-corrected chi connectivity index (χ0v) is 14.8. The van der Waals surface area contributed by atoms with E-state index in [1.54, 1.807) is 13.0 Å². The minimum atomic E-state index is -1.01. The molecule has 1 aromatic heterocycles. The van der Waals surface area contributed by atoms with Gasteiger partial charge in [-0.15, -0.1) is 0 Å². The van der Waals surface area contributed by atoms with Gasteiger partial charge in [-0.25, -0.2) is 9.24 Å². The van der Waals surface area contributed by atoms with Gasteiger partial charge in [0.1, 0.15) is 11.5 Å². The summed E-state index contributed by atoms with van der Waals surface area (Å²) in [5.41, 5.74) is 0.469. The van der Waals surface area contributed by atoms with Gasteiger partial charge in [0, 0.05) is 24.6 Å². The number of hydrogen-bond acceptors (Lipinski definition) is 4. The molecule has 138 valence electrons.